The Kier molecular flexibility index (Phi) is 5.45. The molecule has 1 aliphatic heterocycles. The van der Waals surface area contributed by atoms with E-state index in [1.807, 2.05) is 24.3 Å². The maximum Gasteiger partial charge on any atom is 0.356 e. The molecule has 1 aliphatic rings. The number of ether oxygens (including phenoxy) is 1. The molecule has 7 heteroatoms. The van der Waals surface area contributed by atoms with Crippen LogP contribution in [-0.4, -0.2) is 39.5 Å². The van der Waals surface area contributed by atoms with Gasteiger partial charge in [-0.05, 0) is 43.0 Å². The summed E-state index contributed by atoms with van der Waals surface area (Å²) in [4.78, 5) is 23.0. The molecule has 0 spiro atoms. The van der Waals surface area contributed by atoms with E-state index in [2.05, 4.69) is 10.4 Å². The van der Waals surface area contributed by atoms with Crippen molar-refractivity contribution >= 4 is 11.9 Å². The summed E-state index contributed by atoms with van der Waals surface area (Å²) in [5.74, 6) is -1.09. The van der Waals surface area contributed by atoms with Crippen LogP contribution in [0.5, 0.6) is 0 Å². The molecule has 0 saturated carbocycles. The predicted molar refractivity (Wildman–Crippen MR) is 90.6 cm³/mol. The highest BCUT2D eigenvalue weighted by Gasteiger charge is 2.17. The Balaban J connectivity index is 1.57. The maximum atomic E-state index is 12.0. The van der Waals surface area contributed by atoms with Gasteiger partial charge in [-0.25, -0.2) is 9.48 Å². The van der Waals surface area contributed by atoms with Gasteiger partial charge in [0.05, 0.1) is 18.2 Å². The van der Waals surface area contributed by atoms with E-state index >= 15 is 0 Å². The molecule has 7 nitrogen and oxygen atoms in total. The normalized spacial score (nSPS) is 17.2. The van der Waals surface area contributed by atoms with Gasteiger partial charge in [0.1, 0.15) is 0 Å². The van der Waals surface area contributed by atoms with Crippen molar-refractivity contribution in [2.75, 3.05) is 6.61 Å². The minimum absolute atomic E-state index is 0.00816. The lowest BCUT2D eigenvalue weighted by Crippen LogP contribution is -2.30. The number of aromatic nitrogens is 2. The second-order valence-corrected chi connectivity index (χ2v) is 6.09. The van der Waals surface area contributed by atoms with Crippen LogP contribution in [0.15, 0.2) is 36.5 Å². The number of carboxylic acid groups (broad SMARTS) is 1. The van der Waals surface area contributed by atoms with Crippen LogP contribution in [0, 0.1) is 0 Å². The molecule has 0 unspecified atom stereocenters. The van der Waals surface area contributed by atoms with Crippen molar-refractivity contribution in [1.29, 1.82) is 0 Å². The molecule has 1 amide bonds. The number of aromatic carboxylic acids is 1. The van der Waals surface area contributed by atoms with Crippen LogP contribution in [0.3, 0.4) is 0 Å². The van der Waals surface area contributed by atoms with E-state index in [0.717, 1.165) is 37.1 Å². The highest BCUT2D eigenvalue weighted by Crippen LogP contribution is 2.15. The largest absolute Gasteiger partial charge is 0.476 e. The number of rotatable bonds is 6. The smallest absolute Gasteiger partial charge is 0.356 e. The molecule has 0 bridgehead atoms. The molecule has 1 aromatic carbocycles. The Morgan fingerprint density at radius 3 is 2.92 bits per heavy atom. The molecular weight excluding hydrogens is 322 g/mol. The van der Waals surface area contributed by atoms with Crippen LogP contribution < -0.4 is 5.32 Å². The van der Waals surface area contributed by atoms with E-state index in [9.17, 15) is 9.59 Å². The topological polar surface area (TPSA) is 93.5 Å². The quantitative estimate of drug-likeness (QED) is 0.838. The third kappa shape index (κ3) is 4.67. The molecule has 1 fully saturated rings. The molecule has 2 heterocycles. The monoisotopic (exact) mass is 343 g/mol. The van der Waals surface area contributed by atoms with Gasteiger partial charge < -0.3 is 15.2 Å². The number of carbonyl (C=O) groups is 2. The Hall–Kier alpha value is -2.67. The van der Waals surface area contributed by atoms with Gasteiger partial charge in [-0.3, -0.25) is 4.79 Å². The van der Waals surface area contributed by atoms with Crippen molar-refractivity contribution in [3.05, 3.63) is 47.8 Å². The minimum Gasteiger partial charge on any atom is -0.476 e. The highest BCUT2D eigenvalue weighted by molar-refractivity contribution is 5.85. The zero-order valence-corrected chi connectivity index (χ0v) is 13.9. The first-order valence-corrected chi connectivity index (χ1v) is 8.38. The third-order valence-corrected chi connectivity index (χ3v) is 4.16. The lowest BCUT2D eigenvalue weighted by atomic mass is 10.1. The van der Waals surface area contributed by atoms with Gasteiger partial charge in [0.15, 0.2) is 5.69 Å². The molecule has 25 heavy (non-hydrogen) atoms. The van der Waals surface area contributed by atoms with Gasteiger partial charge in [-0.2, -0.15) is 5.10 Å². The number of amides is 1. The number of nitrogens with zero attached hydrogens (tertiary/aromatic N) is 2. The first kappa shape index (κ1) is 17.2. The van der Waals surface area contributed by atoms with Gasteiger partial charge >= 0.3 is 5.97 Å². The molecule has 2 aromatic rings. The summed E-state index contributed by atoms with van der Waals surface area (Å²) in [6, 6.07) is 8.91. The second kappa shape index (κ2) is 7.94. The molecule has 0 radical (unpaired) electrons. The molecule has 0 aliphatic carbocycles. The third-order valence-electron chi connectivity index (χ3n) is 4.16. The Bertz CT molecular complexity index is 750. The highest BCUT2D eigenvalue weighted by atomic mass is 16.5. The molecular formula is C18H21N3O4. The maximum absolute atomic E-state index is 12.0. The van der Waals surface area contributed by atoms with Crippen molar-refractivity contribution in [3.8, 4) is 5.69 Å². The van der Waals surface area contributed by atoms with E-state index in [4.69, 9.17) is 9.84 Å². The Morgan fingerprint density at radius 2 is 2.20 bits per heavy atom. The minimum atomic E-state index is -1.06. The van der Waals surface area contributed by atoms with Crippen LogP contribution in [0.4, 0.5) is 0 Å². The van der Waals surface area contributed by atoms with Crippen molar-refractivity contribution < 1.29 is 19.4 Å². The molecule has 2 N–H and O–H groups in total. The number of hydrogen-bond acceptors (Lipinski definition) is 4. The van der Waals surface area contributed by atoms with Crippen molar-refractivity contribution in [2.45, 2.75) is 38.3 Å². The number of carbonyl (C=O) groups excluding carboxylic acids is 1. The first-order valence-electron chi connectivity index (χ1n) is 8.38. The van der Waals surface area contributed by atoms with Crippen LogP contribution in [0.1, 0.15) is 41.7 Å². The predicted octanol–water partition coefficient (Wildman–Crippen LogP) is 2.15. The zero-order valence-electron chi connectivity index (χ0n) is 13.9. The zero-order chi connectivity index (χ0) is 17.6. The summed E-state index contributed by atoms with van der Waals surface area (Å²) in [7, 11) is 0. The fourth-order valence-electron chi connectivity index (χ4n) is 2.84. The van der Waals surface area contributed by atoms with Crippen molar-refractivity contribution in [3.63, 3.8) is 0 Å². The average Bonchev–Trinajstić information content (AvgIpc) is 3.12. The van der Waals surface area contributed by atoms with E-state index in [-0.39, 0.29) is 17.7 Å². The van der Waals surface area contributed by atoms with Gasteiger partial charge in [0, 0.05) is 19.3 Å². The van der Waals surface area contributed by atoms with Crippen LogP contribution in [-0.2, 0) is 16.1 Å². The fraction of sp³-hybridized carbons (Fsp3) is 0.389. The van der Waals surface area contributed by atoms with E-state index in [1.54, 1.807) is 6.20 Å². The van der Waals surface area contributed by atoms with Gasteiger partial charge in [0.2, 0.25) is 5.91 Å². The summed E-state index contributed by atoms with van der Waals surface area (Å²) in [6.07, 6.45) is 5.14. The lowest BCUT2D eigenvalue weighted by Gasteiger charge is -2.21. The number of benzene rings is 1. The fourth-order valence-corrected chi connectivity index (χ4v) is 2.84. The first-order chi connectivity index (χ1) is 12.1. The number of nitrogens with one attached hydrogen (secondary N) is 1. The van der Waals surface area contributed by atoms with E-state index in [1.165, 1.54) is 10.7 Å². The molecule has 1 saturated heterocycles. The summed E-state index contributed by atoms with van der Waals surface area (Å²) in [6.45, 7) is 1.15. The average molecular weight is 343 g/mol. The summed E-state index contributed by atoms with van der Waals surface area (Å²) >= 11 is 0. The molecule has 3 rings (SSSR count). The van der Waals surface area contributed by atoms with E-state index < -0.39 is 5.97 Å². The second-order valence-electron chi connectivity index (χ2n) is 6.09. The number of hydrogen-bond donors (Lipinski definition) is 2. The number of carboxylic acids is 1. The van der Waals surface area contributed by atoms with Crippen LogP contribution in [0.2, 0.25) is 0 Å². The summed E-state index contributed by atoms with van der Waals surface area (Å²) in [5.41, 5.74) is 1.66. The van der Waals surface area contributed by atoms with E-state index in [0.29, 0.717) is 13.0 Å². The van der Waals surface area contributed by atoms with Gasteiger partial charge in [-0.15, -0.1) is 0 Å². The van der Waals surface area contributed by atoms with Crippen LogP contribution >= 0.6 is 0 Å². The van der Waals surface area contributed by atoms with Crippen LogP contribution in [0.25, 0.3) is 5.69 Å². The Labute approximate surface area is 145 Å². The summed E-state index contributed by atoms with van der Waals surface area (Å²) < 4.78 is 7.08. The van der Waals surface area contributed by atoms with Gasteiger partial charge in [-0.1, -0.05) is 12.1 Å². The molecule has 1 atom stereocenters. The van der Waals surface area contributed by atoms with Crippen molar-refractivity contribution in [1.82, 2.24) is 15.1 Å². The SMILES string of the molecule is O=C(C[C@H]1CCCCO1)NCc1cccc(-n2ccc(C(=O)O)n2)c1. The summed E-state index contributed by atoms with van der Waals surface area (Å²) in [5, 5.41) is 15.9. The van der Waals surface area contributed by atoms with Gasteiger partial charge in [0.25, 0.3) is 0 Å². The molecule has 132 valence electrons. The Morgan fingerprint density at radius 1 is 1.32 bits per heavy atom. The van der Waals surface area contributed by atoms with Crippen molar-refractivity contribution in [2.24, 2.45) is 0 Å². The molecule has 1 aromatic heterocycles. The lowest BCUT2D eigenvalue weighted by molar-refractivity contribution is -0.125. The standard InChI is InChI=1S/C18H21N3O4/c22-17(11-15-6-1-2-9-25-15)19-12-13-4-3-5-14(10-13)21-8-7-16(20-21)18(23)24/h3-5,7-8,10,15H,1-2,6,9,11-12H2,(H,19,22)(H,23,24)/t15-/m1/s1.